The van der Waals surface area contributed by atoms with Crippen molar-refractivity contribution in [2.24, 2.45) is 0 Å². The molecule has 0 unspecified atom stereocenters. The number of imide groups is 2. The van der Waals surface area contributed by atoms with Gasteiger partial charge < -0.3 is 4.90 Å². The van der Waals surface area contributed by atoms with E-state index in [2.05, 4.69) is 5.32 Å². The normalized spacial score (nSPS) is 16.0. The van der Waals surface area contributed by atoms with Gasteiger partial charge in [0.1, 0.15) is 5.57 Å². The van der Waals surface area contributed by atoms with Gasteiger partial charge in [-0.25, -0.2) is 9.69 Å². The molecule has 6 nitrogen and oxygen atoms in total. The fraction of sp³-hybridized carbons (Fsp3) is 0.0952. The molecule has 1 aliphatic rings. The van der Waals surface area contributed by atoms with Gasteiger partial charge in [0, 0.05) is 24.8 Å². The van der Waals surface area contributed by atoms with Gasteiger partial charge in [0.25, 0.3) is 11.8 Å². The van der Waals surface area contributed by atoms with Crippen LogP contribution in [0.5, 0.6) is 0 Å². The molecule has 0 radical (unpaired) electrons. The Hall–Kier alpha value is -3.38. The standard InChI is InChI=1S/C21H18ClN3O3/c1-24(2)16-10-6-14(7-11-16)4-3-5-18-19(26)23-21(28)25(20(18)27)17-12-8-15(22)9-13-17/h3-13H,1-2H3,(H,23,26,28)/b4-3+,18-5+. The van der Waals surface area contributed by atoms with Crippen molar-refractivity contribution in [3.63, 3.8) is 0 Å². The van der Waals surface area contributed by atoms with Crippen LogP contribution in [0.4, 0.5) is 16.2 Å². The number of carbonyl (C=O) groups excluding carboxylic acids is 3. The Morgan fingerprint density at radius 1 is 0.964 bits per heavy atom. The summed E-state index contributed by atoms with van der Waals surface area (Å²) >= 11 is 5.85. The number of urea groups is 1. The van der Waals surface area contributed by atoms with Crippen molar-refractivity contribution in [1.29, 1.82) is 0 Å². The fourth-order valence-corrected chi connectivity index (χ4v) is 2.77. The van der Waals surface area contributed by atoms with Gasteiger partial charge in [0.05, 0.1) is 5.69 Å². The van der Waals surface area contributed by atoms with Gasteiger partial charge in [0.2, 0.25) is 0 Å². The number of carbonyl (C=O) groups is 3. The lowest BCUT2D eigenvalue weighted by Crippen LogP contribution is -2.54. The molecule has 28 heavy (non-hydrogen) atoms. The summed E-state index contributed by atoms with van der Waals surface area (Å²) in [5.41, 5.74) is 2.18. The van der Waals surface area contributed by atoms with Crippen LogP contribution >= 0.6 is 11.6 Å². The Morgan fingerprint density at radius 2 is 1.61 bits per heavy atom. The van der Waals surface area contributed by atoms with E-state index in [1.54, 1.807) is 24.3 Å². The van der Waals surface area contributed by atoms with E-state index in [4.69, 9.17) is 11.6 Å². The zero-order valence-corrected chi connectivity index (χ0v) is 16.1. The predicted molar refractivity (Wildman–Crippen MR) is 110 cm³/mol. The van der Waals surface area contributed by atoms with Crippen LogP contribution in [0, 0.1) is 0 Å². The highest BCUT2D eigenvalue weighted by Crippen LogP contribution is 2.22. The number of allylic oxidation sites excluding steroid dienone is 2. The molecule has 4 amide bonds. The Balaban J connectivity index is 1.83. The first-order valence-electron chi connectivity index (χ1n) is 8.48. The number of amides is 4. The summed E-state index contributed by atoms with van der Waals surface area (Å²) < 4.78 is 0. The van der Waals surface area contributed by atoms with Gasteiger partial charge in [-0.1, -0.05) is 35.9 Å². The average Bonchev–Trinajstić information content (AvgIpc) is 2.66. The van der Waals surface area contributed by atoms with Gasteiger partial charge in [-0.2, -0.15) is 0 Å². The first-order valence-corrected chi connectivity index (χ1v) is 8.85. The smallest absolute Gasteiger partial charge is 0.335 e. The molecule has 1 fully saturated rings. The Bertz CT molecular complexity index is 977. The molecule has 0 spiro atoms. The number of nitrogens with zero attached hydrogens (tertiary/aromatic N) is 2. The van der Waals surface area contributed by atoms with Crippen molar-refractivity contribution < 1.29 is 14.4 Å². The molecule has 1 saturated heterocycles. The first kappa shape index (κ1) is 19.4. The van der Waals surface area contributed by atoms with Crippen LogP contribution in [-0.4, -0.2) is 31.9 Å². The van der Waals surface area contributed by atoms with E-state index >= 15 is 0 Å². The third-order valence-electron chi connectivity index (χ3n) is 4.15. The summed E-state index contributed by atoms with van der Waals surface area (Å²) in [5.74, 6) is -1.42. The average molecular weight is 396 g/mol. The second-order valence-electron chi connectivity index (χ2n) is 6.30. The minimum absolute atomic E-state index is 0.129. The molecule has 2 aromatic carbocycles. The summed E-state index contributed by atoms with van der Waals surface area (Å²) in [6, 6.07) is 13.2. The highest BCUT2D eigenvalue weighted by molar-refractivity contribution is 6.37. The lowest BCUT2D eigenvalue weighted by atomic mass is 10.1. The van der Waals surface area contributed by atoms with Gasteiger partial charge in [-0.3, -0.25) is 14.9 Å². The minimum atomic E-state index is -0.794. The first-order chi connectivity index (χ1) is 13.4. The van der Waals surface area contributed by atoms with Crippen LogP contribution in [0.3, 0.4) is 0 Å². The number of nitrogens with one attached hydrogen (secondary N) is 1. The fourth-order valence-electron chi connectivity index (χ4n) is 2.64. The van der Waals surface area contributed by atoms with Crippen LogP contribution in [0.25, 0.3) is 6.08 Å². The molecule has 2 aromatic rings. The Kier molecular flexibility index (Phi) is 5.61. The topological polar surface area (TPSA) is 69.7 Å². The van der Waals surface area contributed by atoms with E-state index in [9.17, 15) is 14.4 Å². The highest BCUT2D eigenvalue weighted by atomic mass is 35.5. The van der Waals surface area contributed by atoms with E-state index in [-0.39, 0.29) is 5.57 Å². The minimum Gasteiger partial charge on any atom is -0.378 e. The van der Waals surface area contributed by atoms with E-state index in [1.165, 1.54) is 18.2 Å². The van der Waals surface area contributed by atoms with Gasteiger partial charge >= 0.3 is 6.03 Å². The van der Waals surface area contributed by atoms with Crippen molar-refractivity contribution in [3.8, 4) is 0 Å². The largest absolute Gasteiger partial charge is 0.378 e. The van der Waals surface area contributed by atoms with Crippen molar-refractivity contribution in [3.05, 3.63) is 76.8 Å². The summed E-state index contributed by atoms with van der Waals surface area (Å²) in [5, 5.41) is 2.65. The van der Waals surface area contributed by atoms with Gasteiger partial charge in [0.15, 0.2) is 0 Å². The highest BCUT2D eigenvalue weighted by Gasteiger charge is 2.36. The second-order valence-corrected chi connectivity index (χ2v) is 6.74. The van der Waals surface area contributed by atoms with E-state index in [1.807, 2.05) is 43.3 Å². The number of rotatable bonds is 4. The SMILES string of the molecule is CN(C)c1ccc(/C=C/C=C2\C(=O)NC(=O)N(c3ccc(Cl)cc3)C2=O)cc1. The lowest BCUT2D eigenvalue weighted by molar-refractivity contribution is -0.122. The number of hydrogen-bond donors (Lipinski definition) is 1. The van der Waals surface area contributed by atoms with Gasteiger partial charge in [-0.05, 0) is 48.0 Å². The monoisotopic (exact) mass is 395 g/mol. The molecule has 1 heterocycles. The number of benzene rings is 2. The predicted octanol–water partition coefficient (Wildman–Crippen LogP) is 3.63. The number of hydrogen-bond acceptors (Lipinski definition) is 4. The maximum Gasteiger partial charge on any atom is 0.335 e. The summed E-state index contributed by atoms with van der Waals surface area (Å²) in [7, 11) is 3.91. The molecule has 7 heteroatoms. The van der Waals surface area contributed by atoms with Crippen LogP contribution in [0.1, 0.15) is 5.56 Å². The number of barbiturate groups is 1. The molecule has 1 N–H and O–H groups in total. The second kappa shape index (κ2) is 8.10. The Morgan fingerprint density at radius 3 is 2.21 bits per heavy atom. The summed E-state index contributed by atoms with van der Waals surface area (Å²) in [6.45, 7) is 0. The third-order valence-corrected chi connectivity index (χ3v) is 4.40. The quantitative estimate of drug-likeness (QED) is 0.634. The number of halogens is 1. The molecule has 0 aromatic heterocycles. The molecule has 142 valence electrons. The molecule has 0 aliphatic carbocycles. The van der Waals surface area contributed by atoms with E-state index in [0.29, 0.717) is 10.7 Å². The number of anilines is 2. The zero-order valence-electron chi connectivity index (χ0n) is 15.3. The molecule has 0 bridgehead atoms. The van der Waals surface area contributed by atoms with Crippen LogP contribution in [0.2, 0.25) is 5.02 Å². The lowest BCUT2D eigenvalue weighted by Gasteiger charge is -2.26. The molecular weight excluding hydrogens is 378 g/mol. The maximum atomic E-state index is 12.7. The molecule has 3 rings (SSSR count). The van der Waals surface area contributed by atoms with Crippen molar-refractivity contribution in [2.75, 3.05) is 23.9 Å². The van der Waals surface area contributed by atoms with Crippen LogP contribution in [-0.2, 0) is 9.59 Å². The van der Waals surface area contributed by atoms with Gasteiger partial charge in [-0.15, -0.1) is 0 Å². The zero-order chi connectivity index (χ0) is 20.3. The van der Waals surface area contributed by atoms with Crippen LogP contribution < -0.4 is 15.1 Å². The Labute approximate surface area is 167 Å². The van der Waals surface area contributed by atoms with E-state index < -0.39 is 17.8 Å². The third kappa shape index (κ3) is 4.13. The molecule has 1 aliphatic heterocycles. The summed E-state index contributed by atoms with van der Waals surface area (Å²) in [4.78, 5) is 39.8. The maximum absolute atomic E-state index is 12.7. The molecular formula is C21H18ClN3O3. The van der Waals surface area contributed by atoms with Crippen molar-refractivity contribution in [2.45, 2.75) is 0 Å². The van der Waals surface area contributed by atoms with Crippen molar-refractivity contribution >= 4 is 46.9 Å². The summed E-state index contributed by atoms with van der Waals surface area (Å²) in [6.07, 6.45) is 4.77. The van der Waals surface area contributed by atoms with Crippen LogP contribution in [0.15, 0.2) is 66.3 Å². The molecule has 0 atom stereocenters. The van der Waals surface area contributed by atoms with E-state index in [0.717, 1.165) is 16.2 Å². The molecule has 0 saturated carbocycles. The van der Waals surface area contributed by atoms with Crippen molar-refractivity contribution in [1.82, 2.24) is 5.32 Å².